The van der Waals surface area contributed by atoms with E-state index in [2.05, 4.69) is 10.1 Å². The van der Waals surface area contributed by atoms with Crippen molar-refractivity contribution >= 4 is 11.6 Å². The van der Waals surface area contributed by atoms with E-state index >= 15 is 0 Å². The minimum absolute atomic E-state index is 0.0229. The SMILES string of the molecule is FC(F)Oc1ccc(C2CCN2)cc1Cl. The quantitative estimate of drug-likeness (QED) is 0.867. The molecular formula is C10H10ClF2NO. The first-order valence-electron chi connectivity index (χ1n) is 4.64. The summed E-state index contributed by atoms with van der Waals surface area (Å²) in [6.07, 6.45) is 1.05. The van der Waals surface area contributed by atoms with Crippen LogP contribution in [0.4, 0.5) is 8.78 Å². The van der Waals surface area contributed by atoms with Gasteiger partial charge in [-0.1, -0.05) is 17.7 Å². The average Bonchev–Trinajstić information content (AvgIpc) is 2.06. The molecule has 1 saturated heterocycles. The number of benzene rings is 1. The van der Waals surface area contributed by atoms with E-state index in [4.69, 9.17) is 11.6 Å². The van der Waals surface area contributed by atoms with Crippen LogP contribution in [0.25, 0.3) is 0 Å². The van der Waals surface area contributed by atoms with Gasteiger partial charge in [0.25, 0.3) is 0 Å². The van der Waals surface area contributed by atoms with Crippen LogP contribution in [0.15, 0.2) is 18.2 Å². The van der Waals surface area contributed by atoms with Gasteiger partial charge in [-0.15, -0.1) is 0 Å². The molecule has 1 unspecified atom stereocenters. The molecule has 0 amide bonds. The lowest BCUT2D eigenvalue weighted by atomic mass is 9.98. The van der Waals surface area contributed by atoms with Crippen LogP contribution in [0.1, 0.15) is 18.0 Å². The lowest BCUT2D eigenvalue weighted by molar-refractivity contribution is -0.0498. The summed E-state index contributed by atoms with van der Waals surface area (Å²) in [4.78, 5) is 0. The first-order valence-corrected chi connectivity index (χ1v) is 5.02. The van der Waals surface area contributed by atoms with Crippen molar-refractivity contribution < 1.29 is 13.5 Å². The average molecular weight is 234 g/mol. The number of alkyl halides is 2. The Kier molecular flexibility index (Phi) is 3.07. The first kappa shape index (κ1) is 10.6. The smallest absolute Gasteiger partial charge is 0.387 e. The van der Waals surface area contributed by atoms with Gasteiger partial charge in [-0.3, -0.25) is 0 Å². The molecule has 0 radical (unpaired) electrons. The first-order chi connectivity index (χ1) is 7.16. The predicted octanol–water partition coefficient (Wildman–Crippen LogP) is 2.98. The Balaban J connectivity index is 2.14. The van der Waals surface area contributed by atoms with Crippen LogP contribution in [-0.4, -0.2) is 13.2 Å². The third-order valence-corrected chi connectivity index (χ3v) is 2.69. The van der Waals surface area contributed by atoms with Crippen molar-refractivity contribution in [1.82, 2.24) is 5.32 Å². The Morgan fingerprint density at radius 1 is 1.47 bits per heavy atom. The molecule has 1 aliphatic heterocycles. The number of hydrogen-bond donors (Lipinski definition) is 1. The highest BCUT2D eigenvalue weighted by molar-refractivity contribution is 6.32. The van der Waals surface area contributed by atoms with Crippen LogP contribution < -0.4 is 10.1 Å². The maximum atomic E-state index is 11.9. The van der Waals surface area contributed by atoms with Crippen molar-refractivity contribution in [2.75, 3.05) is 6.54 Å². The fraction of sp³-hybridized carbons (Fsp3) is 0.400. The molecule has 0 bridgehead atoms. The highest BCUT2D eigenvalue weighted by Gasteiger charge is 2.19. The zero-order chi connectivity index (χ0) is 10.8. The van der Waals surface area contributed by atoms with Crippen LogP contribution >= 0.6 is 11.6 Å². The van der Waals surface area contributed by atoms with E-state index in [0.717, 1.165) is 18.5 Å². The summed E-state index contributed by atoms with van der Waals surface area (Å²) in [5, 5.41) is 3.43. The van der Waals surface area contributed by atoms with Crippen LogP contribution in [0.3, 0.4) is 0 Å². The molecule has 0 spiro atoms. The molecule has 15 heavy (non-hydrogen) atoms. The van der Waals surface area contributed by atoms with E-state index in [0.29, 0.717) is 6.04 Å². The van der Waals surface area contributed by atoms with Gasteiger partial charge in [-0.05, 0) is 30.7 Å². The maximum absolute atomic E-state index is 11.9. The summed E-state index contributed by atoms with van der Waals surface area (Å²) in [7, 11) is 0. The Morgan fingerprint density at radius 2 is 2.20 bits per heavy atom. The van der Waals surface area contributed by atoms with Crippen LogP contribution in [0.2, 0.25) is 5.02 Å². The molecule has 5 heteroatoms. The zero-order valence-electron chi connectivity index (χ0n) is 7.84. The molecule has 1 atom stereocenters. The number of ether oxygens (including phenoxy) is 1. The van der Waals surface area contributed by atoms with E-state index in [9.17, 15) is 8.78 Å². The highest BCUT2D eigenvalue weighted by Crippen LogP contribution is 2.31. The second-order valence-electron chi connectivity index (χ2n) is 3.36. The van der Waals surface area contributed by atoms with E-state index in [1.54, 1.807) is 12.1 Å². The minimum atomic E-state index is -2.84. The molecule has 1 aromatic rings. The predicted molar refractivity (Wildman–Crippen MR) is 53.4 cm³/mol. The standard InChI is InChI=1S/C10H10ClF2NO/c11-7-5-6(8-3-4-14-8)1-2-9(7)15-10(12)13/h1-2,5,8,10,14H,3-4H2. The van der Waals surface area contributed by atoms with Crippen LogP contribution in [0.5, 0.6) is 5.75 Å². The van der Waals surface area contributed by atoms with Gasteiger partial charge in [0.05, 0.1) is 5.02 Å². The van der Waals surface area contributed by atoms with Gasteiger partial charge < -0.3 is 10.1 Å². The third kappa shape index (κ3) is 2.38. The molecule has 82 valence electrons. The van der Waals surface area contributed by atoms with E-state index in [-0.39, 0.29) is 10.8 Å². The topological polar surface area (TPSA) is 21.3 Å². The second kappa shape index (κ2) is 4.33. The largest absolute Gasteiger partial charge is 0.433 e. The van der Waals surface area contributed by atoms with Gasteiger partial charge in [-0.2, -0.15) is 8.78 Å². The normalized spacial score (nSPS) is 20.1. The van der Waals surface area contributed by atoms with E-state index in [1.807, 2.05) is 0 Å². The number of halogens is 3. The molecule has 0 saturated carbocycles. The lowest BCUT2D eigenvalue weighted by Crippen LogP contribution is -2.34. The van der Waals surface area contributed by atoms with Gasteiger partial charge in [-0.25, -0.2) is 0 Å². The van der Waals surface area contributed by atoms with E-state index in [1.165, 1.54) is 6.07 Å². The van der Waals surface area contributed by atoms with Crippen molar-refractivity contribution in [3.05, 3.63) is 28.8 Å². The van der Waals surface area contributed by atoms with Gasteiger partial charge in [0.1, 0.15) is 5.75 Å². The van der Waals surface area contributed by atoms with Gasteiger partial charge >= 0.3 is 6.61 Å². The number of hydrogen-bond acceptors (Lipinski definition) is 2. The summed E-state index contributed by atoms with van der Waals surface area (Å²) < 4.78 is 28.1. The molecule has 1 N–H and O–H groups in total. The monoisotopic (exact) mass is 233 g/mol. The molecule has 2 nitrogen and oxygen atoms in total. The minimum Gasteiger partial charge on any atom is -0.433 e. The van der Waals surface area contributed by atoms with Gasteiger partial charge in [0.15, 0.2) is 0 Å². The summed E-state index contributed by atoms with van der Waals surface area (Å²) in [6, 6.07) is 5.18. The molecule has 1 aliphatic rings. The number of rotatable bonds is 3. The molecule has 0 aromatic heterocycles. The molecule has 0 aliphatic carbocycles. The van der Waals surface area contributed by atoms with Crippen molar-refractivity contribution in [1.29, 1.82) is 0 Å². The summed E-state index contributed by atoms with van der Waals surface area (Å²) in [6.45, 7) is -1.85. The van der Waals surface area contributed by atoms with Crippen molar-refractivity contribution in [3.63, 3.8) is 0 Å². The lowest BCUT2D eigenvalue weighted by Gasteiger charge is -2.28. The van der Waals surface area contributed by atoms with E-state index < -0.39 is 6.61 Å². The van der Waals surface area contributed by atoms with Crippen molar-refractivity contribution in [2.24, 2.45) is 0 Å². The molecule has 2 rings (SSSR count). The Bertz CT molecular complexity index is 355. The molecule has 1 heterocycles. The molecule has 1 fully saturated rings. The molecule has 1 aromatic carbocycles. The Morgan fingerprint density at radius 3 is 2.67 bits per heavy atom. The third-order valence-electron chi connectivity index (χ3n) is 2.40. The Labute approximate surface area is 91.2 Å². The summed E-state index contributed by atoms with van der Waals surface area (Å²) in [5.41, 5.74) is 1.01. The fourth-order valence-corrected chi connectivity index (χ4v) is 1.73. The van der Waals surface area contributed by atoms with Crippen molar-refractivity contribution in [3.8, 4) is 5.75 Å². The highest BCUT2D eigenvalue weighted by atomic mass is 35.5. The Hall–Kier alpha value is -0.870. The second-order valence-corrected chi connectivity index (χ2v) is 3.77. The summed E-state index contributed by atoms with van der Waals surface area (Å²) in [5.74, 6) is 0.0229. The maximum Gasteiger partial charge on any atom is 0.387 e. The summed E-state index contributed by atoms with van der Waals surface area (Å²) >= 11 is 5.81. The van der Waals surface area contributed by atoms with Crippen LogP contribution in [-0.2, 0) is 0 Å². The number of nitrogens with one attached hydrogen (secondary N) is 1. The fourth-order valence-electron chi connectivity index (χ4n) is 1.50. The van der Waals surface area contributed by atoms with Crippen molar-refractivity contribution in [2.45, 2.75) is 19.1 Å². The molecular weight excluding hydrogens is 224 g/mol. The van der Waals surface area contributed by atoms with Crippen LogP contribution in [0, 0.1) is 0 Å². The zero-order valence-corrected chi connectivity index (χ0v) is 8.60. The van der Waals surface area contributed by atoms with Gasteiger partial charge in [0, 0.05) is 6.04 Å². The van der Waals surface area contributed by atoms with Gasteiger partial charge in [0.2, 0.25) is 0 Å².